The Morgan fingerprint density at radius 1 is 1.11 bits per heavy atom. The molecule has 3 heterocycles. The summed E-state index contributed by atoms with van der Waals surface area (Å²) < 4.78 is 0. The highest BCUT2D eigenvalue weighted by atomic mass is 16.3. The van der Waals surface area contributed by atoms with Crippen molar-refractivity contribution in [1.29, 1.82) is 0 Å². The van der Waals surface area contributed by atoms with E-state index in [1.807, 2.05) is 4.90 Å². The van der Waals surface area contributed by atoms with E-state index in [1.165, 1.54) is 0 Å². The average molecular weight is 389 g/mol. The molecule has 28 heavy (non-hydrogen) atoms. The number of nitrogens with zero attached hydrogens (tertiary/aromatic N) is 6. The Bertz CT molecular complexity index is 698. The van der Waals surface area contributed by atoms with Gasteiger partial charge in [-0.2, -0.15) is 0 Å². The van der Waals surface area contributed by atoms with Gasteiger partial charge in [-0.15, -0.1) is 0 Å². The third-order valence-electron chi connectivity index (χ3n) is 6.45. The van der Waals surface area contributed by atoms with Gasteiger partial charge >= 0.3 is 0 Å². The molecular formula is C20H32N6O2. The van der Waals surface area contributed by atoms with Crippen LogP contribution in [0.2, 0.25) is 0 Å². The maximum Gasteiger partial charge on any atom is 0.223 e. The van der Waals surface area contributed by atoms with Gasteiger partial charge in [-0.05, 0) is 19.4 Å². The fourth-order valence-corrected chi connectivity index (χ4v) is 4.61. The van der Waals surface area contributed by atoms with E-state index in [9.17, 15) is 9.90 Å². The molecule has 2 atom stereocenters. The van der Waals surface area contributed by atoms with Gasteiger partial charge in [0.15, 0.2) is 0 Å². The maximum absolute atomic E-state index is 12.6. The molecule has 0 radical (unpaired) electrons. The van der Waals surface area contributed by atoms with Crippen molar-refractivity contribution < 1.29 is 9.90 Å². The van der Waals surface area contributed by atoms with E-state index >= 15 is 0 Å². The van der Waals surface area contributed by atoms with E-state index < -0.39 is 6.10 Å². The van der Waals surface area contributed by atoms with Crippen LogP contribution in [0.1, 0.15) is 43.0 Å². The first-order valence-electron chi connectivity index (χ1n) is 10.5. The Kier molecular flexibility index (Phi) is 5.80. The molecule has 0 aromatic carbocycles. The molecule has 8 heteroatoms. The van der Waals surface area contributed by atoms with E-state index in [2.05, 4.69) is 38.6 Å². The van der Waals surface area contributed by atoms with Crippen molar-refractivity contribution in [2.24, 2.45) is 0 Å². The Morgan fingerprint density at radius 3 is 2.54 bits per heavy atom. The van der Waals surface area contributed by atoms with Gasteiger partial charge in [0.2, 0.25) is 5.91 Å². The summed E-state index contributed by atoms with van der Waals surface area (Å²) in [6.07, 6.45) is 2.40. The maximum atomic E-state index is 12.6. The largest absolute Gasteiger partial charge is 0.387 e. The number of carbonyl (C=O) groups excluding carboxylic acids is 1. The van der Waals surface area contributed by atoms with Crippen molar-refractivity contribution in [1.82, 2.24) is 24.7 Å². The van der Waals surface area contributed by atoms with Crippen LogP contribution in [0.15, 0.2) is 6.33 Å². The molecular weight excluding hydrogens is 356 g/mol. The van der Waals surface area contributed by atoms with Crippen molar-refractivity contribution in [3.05, 3.63) is 17.6 Å². The van der Waals surface area contributed by atoms with E-state index in [4.69, 9.17) is 0 Å². The molecule has 0 bridgehead atoms. The zero-order valence-electron chi connectivity index (χ0n) is 17.0. The molecule has 0 spiro atoms. The summed E-state index contributed by atoms with van der Waals surface area (Å²) in [5.41, 5.74) is 1.87. The summed E-state index contributed by atoms with van der Waals surface area (Å²) >= 11 is 0. The highest BCUT2D eigenvalue weighted by molar-refractivity contribution is 5.76. The number of hydrogen-bond acceptors (Lipinski definition) is 7. The molecule has 2 fully saturated rings. The number of piperazine rings is 2. The number of anilines is 1. The minimum absolute atomic E-state index is 0.260. The van der Waals surface area contributed by atoms with Crippen LogP contribution in [-0.2, 0) is 4.79 Å². The van der Waals surface area contributed by atoms with Crippen LogP contribution in [0.4, 0.5) is 5.82 Å². The molecule has 1 aliphatic carbocycles. The SMILES string of the molecule is C[C@@H]1C[C@@H](O)c2ncnc(N3CCN(C(=O)CCN4CCN(C)CC4)CC3)c21. The van der Waals surface area contributed by atoms with E-state index in [0.717, 1.165) is 76.0 Å². The van der Waals surface area contributed by atoms with Gasteiger partial charge in [0.05, 0.1) is 11.8 Å². The molecule has 2 saturated heterocycles. The minimum atomic E-state index is -0.482. The quantitative estimate of drug-likeness (QED) is 0.795. The summed E-state index contributed by atoms with van der Waals surface area (Å²) in [7, 11) is 2.15. The topological polar surface area (TPSA) is 76.0 Å². The first kappa shape index (κ1) is 19.5. The van der Waals surface area contributed by atoms with Crippen molar-refractivity contribution in [3.8, 4) is 0 Å². The predicted octanol–water partition coefficient (Wildman–Crippen LogP) is 0.303. The van der Waals surface area contributed by atoms with Crippen LogP contribution in [0.5, 0.6) is 0 Å². The van der Waals surface area contributed by atoms with Gasteiger partial charge in [0.25, 0.3) is 0 Å². The molecule has 4 rings (SSSR count). The molecule has 0 unspecified atom stereocenters. The van der Waals surface area contributed by atoms with E-state index in [1.54, 1.807) is 6.33 Å². The first-order valence-corrected chi connectivity index (χ1v) is 10.5. The van der Waals surface area contributed by atoms with Crippen LogP contribution in [-0.4, -0.2) is 102 Å². The van der Waals surface area contributed by atoms with Crippen LogP contribution in [0.3, 0.4) is 0 Å². The zero-order valence-corrected chi connectivity index (χ0v) is 17.0. The normalized spacial score (nSPS) is 26.5. The number of fused-ring (bicyclic) bond motifs is 1. The third-order valence-corrected chi connectivity index (χ3v) is 6.45. The lowest BCUT2D eigenvalue weighted by Crippen LogP contribution is -2.50. The lowest BCUT2D eigenvalue weighted by atomic mass is 10.1. The summed E-state index contributed by atoms with van der Waals surface area (Å²) in [5, 5.41) is 10.2. The van der Waals surface area contributed by atoms with Crippen LogP contribution in [0, 0.1) is 0 Å². The van der Waals surface area contributed by atoms with Crippen molar-refractivity contribution in [3.63, 3.8) is 0 Å². The van der Waals surface area contributed by atoms with Crippen molar-refractivity contribution in [2.45, 2.75) is 31.8 Å². The molecule has 1 aromatic rings. The van der Waals surface area contributed by atoms with Gasteiger partial charge in [0.1, 0.15) is 12.1 Å². The van der Waals surface area contributed by atoms with Crippen LogP contribution in [0.25, 0.3) is 0 Å². The number of rotatable bonds is 4. The number of amides is 1. The summed E-state index contributed by atoms with van der Waals surface area (Å²) in [6, 6.07) is 0. The van der Waals surface area contributed by atoms with Crippen molar-refractivity contribution >= 4 is 11.7 Å². The van der Waals surface area contributed by atoms with Gasteiger partial charge in [-0.1, -0.05) is 6.92 Å². The third kappa shape index (κ3) is 3.99. The molecule has 0 saturated carbocycles. The summed E-state index contributed by atoms with van der Waals surface area (Å²) in [4.78, 5) is 30.4. The molecule has 2 aliphatic heterocycles. The predicted molar refractivity (Wildman–Crippen MR) is 107 cm³/mol. The van der Waals surface area contributed by atoms with E-state index in [-0.39, 0.29) is 11.8 Å². The zero-order chi connectivity index (χ0) is 19.7. The Labute approximate surface area is 167 Å². The molecule has 3 aliphatic rings. The summed E-state index contributed by atoms with van der Waals surface area (Å²) in [5.74, 6) is 1.47. The fraction of sp³-hybridized carbons (Fsp3) is 0.750. The fourth-order valence-electron chi connectivity index (χ4n) is 4.61. The minimum Gasteiger partial charge on any atom is -0.387 e. The number of aromatic nitrogens is 2. The molecule has 8 nitrogen and oxygen atoms in total. The average Bonchev–Trinajstić information content (AvgIpc) is 3.01. The molecule has 1 amide bonds. The number of carbonyl (C=O) groups is 1. The second-order valence-corrected chi connectivity index (χ2v) is 8.41. The Hall–Kier alpha value is -1.77. The number of aliphatic hydroxyl groups excluding tert-OH is 1. The van der Waals surface area contributed by atoms with Gasteiger partial charge in [0, 0.05) is 70.9 Å². The number of likely N-dealkylation sites (N-methyl/N-ethyl adjacent to an activating group) is 1. The van der Waals surface area contributed by atoms with Gasteiger partial charge in [-0.3, -0.25) is 4.79 Å². The monoisotopic (exact) mass is 388 g/mol. The molecule has 1 aromatic heterocycles. The number of aliphatic hydroxyl groups is 1. The lowest BCUT2D eigenvalue weighted by Gasteiger charge is -2.37. The van der Waals surface area contributed by atoms with Crippen LogP contribution < -0.4 is 4.90 Å². The highest BCUT2D eigenvalue weighted by Gasteiger charge is 2.34. The second kappa shape index (κ2) is 8.31. The Morgan fingerprint density at radius 2 is 1.82 bits per heavy atom. The summed E-state index contributed by atoms with van der Waals surface area (Å²) in [6.45, 7) is 10.3. The smallest absolute Gasteiger partial charge is 0.223 e. The lowest BCUT2D eigenvalue weighted by molar-refractivity contribution is -0.131. The molecule has 154 valence electrons. The van der Waals surface area contributed by atoms with Gasteiger partial charge < -0.3 is 24.7 Å². The standard InChI is InChI=1S/C20H32N6O2/c1-15-13-16(27)19-18(15)20(22-14-21-19)26-11-9-25(10-12-26)17(28)3-4-24-7-5-23(2)6-8-24/h14-16,27H,3-13H2,1-2H3/t15-,16-/m1/s1. The first-order chi connectivity index (χ1) is 13.5. The second-order valence-electron chi connectivity index (χ2n) is 8.41. The van der Waals surface area contributed by atoms with Crippen molar-refractivity contribution in [2.75, 3.05) is 70.9 Å². The molecule has 1 N–H and O–H groups in total. The highest BCUT2D eigenvalue weighted by Crippen LogP contribution is 2.42. The number of hydrogen-bond donors (Lipinski definition) is 1. The van der Waals surface area contributed by atoms with Crippen LogP contribution >= 0.6 is 0 Å². The van der Waals surface area contributed by atoms with Gasteiger partial charge in [-0.25, -0.2) is 9.97 Å². The van der Waals surface area contributed by atoms with E-state index in [0.29, 0.717) is 12.8 Å². The Balaban J connectivity index is 1.30.